The summed E-state index contributed by atoms with van der Waals surface area (Å²) in [4.78, 5) is 11.9. The molecule has 1 rings (SSSR count). The van der Waals surface area contributed by atoms with Crippen molar-refractivity contribution in [3.63, 3.8) is 0 Å². The van der Waals surface area contributed by atoms with Crippen LogP contribution >= 0.6 is 0 Å². The molecule has 0 atom stereocenters. The van der Waals surface area contributed by atoms with Gasteiger partial charge >= 0.3 is 5.96 Å². The Labute approximate surface area is 165 Å². The highest BCUT2D eigenvalue weighted by atomic mass is 16.4. The Morgan fingerprint density at radius 3 is 1.70 bits per heavy atom. The second-order valence-electron chi connectivity index (χ2n) is 7.08. The molecule has 0 bridgehead atoms. The molecule has 27 heavy (non-hydrogen) atoms. The largest absolute Gasteiger partial charge is 0.481 e. The van der Waals surface area contributed by atoms with E-state index in [0.29, 0.717) is 6.54 Å². The molecule has 0 amide bonds. The fourth-order valence-electron chi connectivity index (χ4n) is 2.84. The number of aliphatic carboxylic acids is 1. The predicted molar refractivity (Wildman–Crippen MR) is 113 cm³/mol. The third kappa shape index (κ3) is 18.5. The molecule has 6 N–H and O–H groups in total. The van der Waals surface area contributed by atoms with E-state index in [1.165, 1.54) is 81.8 Å². The second-order valence-corrected chi connectivity index (χ2v) is 7.08. The zero-order valence-electron chi connectivity index (χ0n) is 17.3. The van der Waals surface area contributed by atoms with Crippen LogP contribution in [-0.2, 0) is 17.8 Å². The summed E-state index contributed by atoms with van der Waals surface area (Å²) in [6, 6.07) is 8.75. The number of hydrogen-bond acceptors (Lipinski definition) is 1. The summed E-state index contributed by atoms with van der Waals surface area (Å²) in [5, 5.41) is 7.42. The number of benzene rings is 1. The Kier molecular flexibility index (Phi) is 16.1. The quantitative estimate of drug-likeness (QED) is 0.240. The number of hydrogen-bond donors (Lipinski definition) is 4. The molecule has 0 aliphatic carbocycles. The van der Waals surface area contributed by atoms with E-state index in [9.17, 15) is 0 Å². The van der Waals surface area contributed by atoms with Crippen molar-refractivity contribution in [1.82, 2.24) is 0 Å². The van der Waals surface area contributed by atoms with E-state index >= 15 is 0 Å². The molecule has 154 valence electrons. The van der Waals surface area contributed by atoms with Gasteiger partial charge < -0.3 is 5.11 Å². The molecule has 0 heterocycles. The van der Waals surface area contributed by atoms with Gasteiger partial charge in [-0.05, 0) is 24.0 Å². The van der Waals surface area contributed by atoms with Crippen LogP contribution < -0.4 is 16.5 Å². The van der Waals surface area contributed by atoms with Crippen LogP contribution in [0.15, 0.2) is 24.3 Å². The molecule has 0 radical (unpaired) electrons. The number of carboxylic acid groups (broad SMARTS) is 1. The van der Waals surface area contributed by atoms with E-state index in [0.717, 1.165) is 6.92 Å². The molecule has 0 aliphatic rings. The van der Waals surface area contributed by atoms with E-state index < -0.39 is 5.97 Å². The minimum absolute atomic E-state index is 0.277. The van der Waals surface area contributed by atoms with Crippen LogP contribution in [0.2, 0.25) is 0 Å². The Morgan fingerprint density at radius 1 is 0.852 bits per heavy atom. The van der Waals surface area contributed by atoms with Crippen LogP contribution in [-0.4, -0.2) is 17.0 Å². The Bertz CT molecular complexity index is 505. The van der Waals surface area contributed by atoms with Crippen molar-refractivity contribution in [1.29, 1.82) is 0 Å². The van der Waals surface area contributed by atoms with Crippen LogP contribution in [0.5, 0.6) is 0 Å². The van der Waals surface area contributed by atoms with Crippen LogP contribution in [0.4, 0.5) is 0 Å². The molecule has 1 aromatic rings. The molecule has 0 spiro atoms. The van der Waals surface area contributed by atoms with Crippen molar-refractivity contribution in [3.8, 4) is 0 Å². The predicted octanol–water partition coefficient (Wildman–Crippen LogP) is 3.09. The van der Waals surface area contributed by atoms with Crippen molar-refractivity contribution < 1.29 is 14.9 Å². The monoisotopic (exact) mass is 378 g/mol. The first-order chi connectivity index (χ1) is 13.0. The van der Waals surface area contributed by atoms with Crippen LogP contribution in [0.3, 0.4) is 0 Å². The van der Waals surface area contributed by atoms with Gasteiger partial charge in [-0.2, -0.15) is 0 Å². The van der Waals surface area contributed by atoms with Gasteiger partial charge in [0.25, 0.3) is 5.97 Å². The first-order valence-electron chi connectivity index (χ1n) is 10.3. The van der Waals surface area contributed by atoms with Crippen molar-refractivity contribution in [2.45, 2.75) is 91.0 Å². The van der Waals surface area contributed by atoms with E-state index in [-0.39, 0.29) is 5.96 Å². The van der Waals surface area contributed by atoms with E-state index in [1.54, 1.807) is 0 Å². The van der Waals surface area contributed by atoms with Crippen LogP contribution in [0.1, 0.15) is 89.2 Å². The zero-order chi connectivity index (χ0) is 20.3. The summed E-state index contributed by atoms with van der Waals surface area (Å²) in [6.45, 7) is 4.06. The zero-order valence-corrected chi connectivity index (χ0v) is 17.3. The number of aryl methyl sites for hydroxylation is 1. The molecule has 0 aromatic heterocycles. The van der Waals surface area contributed by atoms with Gasteiger partial charge in [-0.3, -0.25) is 21.3 Å². The molecule has 5 heteroatoms. The molecule has 0 saturated heterocycles. The molecular formula is C22H40N3O2+. The maximum absolute atomic E-state index is 9.00. The van der Waals surface area contributed by atoms with Gasteiger partial charge in [0.05, 0.1) is 6.54 Å². The summed E-state index contributed by atoms with van der Waals surface area (Å²) in [5.41, 5.74) is 13.4. The Hall–Kier alpha value is -2.04. The van der Waals surface area contributed by atoms with E-state index in [1.807, 2.05) is 0 Å². The minimum atomic E-state index is -0.833. The first-order valence-corrected chi connectivity index (χ1v) is 10.3. The summed E-state index contributed by atoms with van der Waals surface area (Å²) in [6.07, 6.45) is 15.1. The molecular weight excluding hydrogens is 338 g/mol. The lowest BCUT2D eigenvalue weighted by Gasteiger charge is -2.04. The van der Waals surface area contributed by atoms with Gasteiger partial charge in [0.15, 0.2) is 0 Å². The van der Waals surface area contributed by atoms with Gasteiger partial charge in [0.2, 0.25) is 0 Å². The number of carboxylic acids is 1. The Morgan fingerprint density at radius 2 is 1.26 bits per heavy atom. The molecule has 5 nitrogen and oxygen atoms in total. The van der Waals surface area contributed by atoms with E-state index in [2.05, 4.69) is 36.2 Å². The molecule has 0 fully saturated rings. The first kappa shape index (κ1) is 25.0. The lowest BCUT2D eigenvalue weighted by molar-refractivity contribution is -0.477. The number of guanidine groups is 1. The molecule has 0 unspecified atom stereocenters. The average molecular weight is 379 g/mol. The fraction of sp³-hybridized carbons (Fsp3) is 0.636. The van der Waals surface area contributed by atoms with Crippen molar-refractivity contribution in [2.75, 3.05) is 0 Å². The highest BCUT2D eigenvalue weighted by Crippen LogP contribution is 2.12. The Balaban J connectivity index is 0.00000153. The smallest absolute Gasteiger partial charge is 0.339 e. The van der Waals surface area contributed by atoms with Crippen molar-refractivity contribution in [3.05, 3.63) is 35.4 Å². The highest BCUT2D eigenvalue weighted by molar-refractivity contribution is 5.69. The fourth-order valence-corrected chi connectivity index (χ4v) is 2.84. The van der Waals surface area contributed by atoms with Gasteiger partial charge in [-0.15, -0.1) is 0 Å². The third-order valence-electron chi connectivity index (χ3n) is 4.34. The summed E-state index contributed by atoms with van der Waals surface area (Å²) in [7, 11) is 0. The summed E-state index contributed by atoms with van der Waals surface area (Å²) in [5.74, 6) is -0.556. The van der Waals surface area contributed by atoms with Gasteiger partial charge in [-0.25, -0.2) is 0 Å². The molecule has 0 saturated carbocycles. The van der Waals surface area contributed by atoms with Gasteiger partial charge in [0, 0.05) is 6.92 Å². The lowest BCUT2D eigenvalue weighted by atomic mass is 10.0. The van der Waals surface area contributed by atoms with Gasteiger partial charge in [0.1, 0.15) is 0 Å². The molecule has 0 aliphatic heterocycles. The highest BCUT2D eigenvalue weighted by Gasteiger charge is 1.97. The number of nitrogens with two attached hydrogens (primary N) is 2. The van der Waals surface area contributed by atoms with Crippen molar-refractivity contribution in [2.24, 2.45) is 11.5 Å². The minimum Gasteiger partial charge on any atom is -0.481 e. The molecule has 1 aromatic carbocycles. The van der Waals surface area contributed by atoms with E-state index in [4.69, 9.17) is 21.4 Å². The van der Waals surface area contributed by atoms with Crippen molar-refractivity contribution >= 4 is 11.9 Å². The maximum Gasteiger partial charge on any atom is 0.339 e. The normalized spacial score (nSPS) is 10.0. The lowest BCUT2D eigenvalue weighted by Crippen LogP contribution is -2.76. The number of rotatable bonds is 13. The SMILES string of the molecule is CC(=O)O.CCCCCCCCCCCCc1ccc(C[NH+]=C(N)N)cc1. The number of carbonyl (C=O) groups is 1. The summed E-state index contributed by atoms with van der Waals surface area (Å²) >= 11 is 0. The standard InChI is InChI=1S/C20H35N3.C2H4O2/c1-2-3-4-5-6-7-8-9-10-11-12-18-13-15-19(16-14-18)17-23-20(21)22;1-2(3)4/h13-16H,2-12,17H2,1H3,(H4,21,22,23);1H3,(H,3,4)/p+1. The number of unbranched alkanes of at least 4 members (excludes halogenated alkanes) is 9. The van der Waals surface area contributed by atoms with Crippen LogP contribution in [0.25, 0.3) is 0 Å². The average Bonchev–Trinajstić information content (AvgIpc) is 2.62. The van der Waals surface area contributed by atoms with Gasteiger partial charge in [-0.1, -0.05) is 89.0 Å². The maximum atomic E-state index is 9.00. The topological polar surface area (TPSA) is 103 Å². The third-order valence-corrected chi connectivity index (χ3v) is 4.34. The second kappa shape index (κ2) is 17.4. The summed E-state index contributed by atoms with van der Waals surface area (Å²) < 4.78 is 0. The van der Waals surface area contributed by atoms with Crippen LogP contribution in [0, 0.1) is 0 Å². The number of nitrogens with one attached hydrogen (secondary N) is 1.